The first kappa shape index (κ1) is 25.7. The predicted molar refractivity (Wildman–Crippen MR) is 128 cm³/mol. The Hall–Kier alpha value is -3.90. The number of nitro groups is 1. The summed E-state index contributed by atoms with van der Waals surface area (Å²) in [7, 11) is 1.29. The van der Waals surface area contributed by atoms with E-state index in [1.165, 1.54) is 49.6 Å². The smallest absolute Gasteiger partial charge is 0.339 e. The standard InChI is InChI=1S/C22H18ClN3O8S/c1-3-34-21(29)14-10-13(5-6-15(14)23)24-19(27)11-25-20(28)18(35-22(25)30)9-12-4-7-17(33-2)16(8-12)26(31)32/h4-10H,3,11H2,1-2H3,(H,24,27)/b18-9+. The van der Waals surface area contributed by atoms with Crippen LogP contribution in [0.25, 0.3) is 6.08 Å². The molecule has 0 spiro atoms. The Balaban J connectivity index is 1.73. The lowest BCUT2D eigenvalue weighted by Gasteiger charge is -2.13. The molecule has 1 aliphatic heterocycles. The lowest BCUT2D eigenvalue weighted by atomic mass is 10.1. The number of nitrogens with one attached hydrogen (secondary N) is 1. The van der Waals surface area contributed by atoms with Crippen molar-refractivity contribution >= 4 is 63.8 Å². The van der Waals surface area contributed by atoms with Crippen molar-refractivity contribution < 1.29 is 33.6 Å². The van der Waals surface area contributed by atoms with Gasteiger partial charge in [0.25, 0.3) is 11.1 Å². The highest BCUT2D eigenvalue weighted by molar-refractivity contribution is 8.18. The fourth-order valence-electron chi connectivity index (χ4n) is 3.04. The number of halogens is 1. The second-order valence-electron chi connectivity index (χ2n) is 6.92. The highest BCUT2D eigenvalue weighted by Crippen LogP contribution is 2.34. The SMILES string of the molecule is CCOC(=O)c1cc(NC(=O)CN2C(=O)S/C(=C/c3ccc(OC)c([N+](=O)[O-])c3)C2=O)ccc1Cl. The minimum atomic E-state index is -0.725. The lowest BCUT2D eigenvalue weighted by molar-refractivity contribution is -0.385. The molecule has 35 heavy (non-hydrogen) atoms. The molecule has 11 nitrogen and oxygen atoms in total. The molecule has 2 aromatic rings. The summed E-state index contributed by atoms with van der Waals surface area (Å²) >= 11 is 6.60. The van der Waals surface area contributed by atoms with Crippen LogP contribution in [0.15, 0.2) is 41.3 Å². The van der Waals surface area contributed by atoms with Gasteiger partial charge >= 0.3 is 11.7 Å². The molecule has 182 valence electrons. The number of methoxy groups -OCH3 is 1. The Morgan fingerprint density at radius 1 is 1.23 bits per heavy atom. The average Bonchev–Trinajstić information content (AvgIpc) is 3.07. The molecule has 1 heterocycles. The van der Waals surface area contributed by atoms with Crippen LogP contribution in [0.5, 0.6) is 5.75 Å². The van der Waals surface area contributed by atoms with Crippen molar-refractivity contribution in [3.8, 4) is 5.75 Å². The Bertz CT molecular complexity index is 1260. The summed E-state index contributed by atoms with van der Waals surface area (Å²) in [6.45, 7) is 1.20. The first-order valence-electron chi connectivity index (χ1n) is 9.99. The summed E-state index contributed by atoms with van der Waals surface area (Å²) in [6, 6.07) is 8.25. The van der Waals surface area contributed by atoms with Crippen molar-refractivity contribution in [3.63, 3.8) is 0 Å². The fraction of sp³-hybridized carbons (Fsp3) is 0.182. The Kier molecular flexibility index (Phi) is 8.10. The number of carbonyl (C=O) groups excluding carboxylic acids is 4. The zero-order chi connectivity index (χ0) is 25.7. The maximum Gasteiger partial charge on any atom is 0.339 e. The molecule has 1 saturated heterocycles. The molecule has 0 aliphatic carbocycles. The highest BCUT2D eigenvalue weighted by Gasteiger charge is 2.36. The van der Waals surface area contributed by atoms with Crippen molar-refractivity contribution in [2.24, 2.45) is 0 Å². The van der Waals surface area contributed by atoms with Crippen LogP contribution in [0, 0.1) is 10.1 Å². The van der Waals surface area contributed by atoms with Gasteiger partial charge in [-0.25, -0.2) is 4.79 Å². The summed E-state index contributed by atoms with van der Waals surface area (Å²) in [4.78, 5) is 60.8. The molecule has 1 aliphatic rings. The van der Waals surface area contributed by atoms with Crippen LogP contribution < -0.4 is 10.1 Å². The number of nitro benzene ring substituents is 1. The molecule has 0 radical (unpaired) electrons. The molecule has 3 rings (SSSR count). The van der Waals surface area contributed by atoms with Crippen molar-refractivity contribution in [2.75, 3.05) is 25.6 Å². The van der Waals surface area contributed by atoms with Crippen LogP contribution in [-0.4, -0.2) is 53.1 Å². The number of benzene rings is 2. The molecule has 0 aromatic heterocycles. The Morgan fingerprint density at radius 3 is 2.63 bits per heavy atom. The predicted octanol–water partition coefficient (Wildman–Crippen LogP) is 4.11. The molecule has 0 bridgehead atoms. The monoisotopic (exact) mass is 519 g/mol. The van der Waals surface area contributed by atoms with Crippen LogP contribution in [-0.2, 0) is 14.3 Å². The normalized spacial score (nSPS) is 14.3. The molecule has 2 aromatic carbocycles. The fourth-order valence-corrected chi connectivity index (χ4v) is 4.07. The maximum atomic E-state index is 12.7. The zero-order valence-electron chi connectivity index (χ0n) is 18.4. The highest BCUT2D eigenvalue weighted by atomic mass is 35.5. The van der Waals surface area contributed by atoms with Crippen molar-refractivity contribution in [2.45, 2.75) is 6.92 Å². The second-order valence-corrected chi connectivity index (χ2v) is 8.32. The van der Waals surface area contributed by atoms with Gasteiger partial charge in [0.2, 0.25) is 5.91 Å². The summed E-state index contributed by atoms with van der Waals surface area (Å²) in [5.74, 6) is -2.03. The Morgan fingerprint density at radius 2 is 1.97 bits per heavy atom. The van der Waals surface area contributed by atoms with Gasteiger partial charge in [0.1, 0.15) is 6.54 Å². The van der Waals surface area contributed by atoms with E-state index in [-0.39, 0.29) is 39.2 Å². The van der Waals surface area contributed by atoms with E-state index in [9.17, 15) is 29.3 Å². The molecule has 0 atom stereocenters. The largest absolute Gasteiger partial charge is 0.490 e. The van der Waals surface area contributed by atoms with E-state index >= 15 is 0 Å². The average molecular weight is 520 g/mol. The molecule has 3 amide bonds. The van der Waals surface area contributed by atoms with Gasteiger partial charge in [-0.1, -0.05) is 17.7 Å². The molecule has 0 saturated carbocycles. The third-order valence-corrected chi connectivity index (χ3v) is 5.86. The van der Waals surface area contributed by atoms with Gasteiger partial charge in [-0.3, -0.25) is 29.4 Å². The summed E-state index contributed by atoms with van der Waals surface area (Å²) in [6.07, 6.45) is 1.32. The van der Waals surface area contributed by atoms with Gasteiger partial charge in [-0.05, 0) is 54.6 Å². The van der Waals surface area contributed by atoms with Gasteiger partial charge in [0.15, 0.2) is 5.75 Å². The van der Waals surface area contributed by atoms with E-state index in [2.05, 4.69) is 5.32 Å². The van der Waals surface area contributed by atoms with E-state index in [1.54, 1.807) is 6.92 Å². The van der Waals surface area contributed by atoms with Gasteiger partial charge in [-0.15, -0.1) is 0 Å². The van der Waals surface area contributed by atoms with Crippen LogP contribution in [0.3, 0.4) is 0 Å². The van der Waals surface area contributed by atoms with Gasteiger partial charge in [-0.2, -0.15) is 0 Å². The minimum Gasteiger partial charge on any atom is -0.490 e. The Labute approximate surface area is 208 Å². The van der Waals surface area contributed by atoms with Crippen LogP contribution in [0.2, 0.25) is 5.02 Å². The van der Waals surface area contributed by atoms with Crippen LogP contribution >= 0.6 is 23.4 Å². The minimum absolute atomic E-state index is 0.00152. The van der Waals surface area contributed by atoms with E-state index in [0.29, 0.717) is 17.3 Å². The number of hydrogen-bond acceptors (Lipinski definition) is 9. The molecule has 13 heteroatoms. The number of ether oxygens (including phenoxy) is 2. The van der Waals surface area contributed by atoms with Gasteiger partial charge in [0, 0.05) is 11.8 Å². The number of nitrogens with zero attached hydrogens (tertiary/aromatic N) is 2. The lowest BCUT2D eigenvalue weighted by Crippen LogP contribution is -2.36. The summed E-state index contributed by atoms with van der Waals surface area (Å²) < 4.78 is 9.86. The topological polar surface area (TPSA) is 145 Å². The third-order valence-electron chi connectivity index (χ3n) is 4.62. The van der Waals surface area contributed by atoms with Gasteiger partial charge in [0.05, 0.1) is 34.1 Å². The number of thioether (sulfide) groups is 1. The van der Waals surface area contributed by atoms with Crippen molar-refractivity contribution in [1.29, 1.82) is 0 Å². The maximum absolute atomic E-state index is 12.7. The summed E-state index contributed by atoms with van der Waals surface area (Å²) in [5.41, 5.74) is 0.273. The van der Waals surface area contributed by atoms with E-state index in [0.717, 1.165) is 4.90 Å². The first-order chi connectivity index (χ1) is 16.6. The molecule has 1 N–H and O–H groups in total. The number of carbonyl (C=O) groups is 4. The number of imide groups is 1. The molecular weight excluding hydrogens is 502 g/mol. The van der Waals surface area contributed by atoms with E-state index in [1.807, 2.05) is 0 Å². The van der Waals surface area contributed by atoms with E-state index < -0.39 is 34.5 Å². The quantitative estimate of drug-likeness (QED) is 0.235. The molecule has 1 fully saturated rings. The zero-order valence-corrected chi connectivity index (χ0v) is 20.0. The number of hydrogen-bond donors (Lipinski definition) is 1. The van der Waals surface area contributed by atoms with Crippen molar-refractivity contribution in [3.05, 3.63) is 67.6 Å². The number of amides is 3. The summed E-state index contributed by atoms with van der Waals surface area (Å²) in [5, 5.41) is 13.2. The first-order valence-corrected chi connectivity index (χ1v) is 11.2. The number of anilines is 1. The number of rotatable bonds is 8. The third kappa shape index (κ3) is 5.97. The molecule has 0 unspecified atom stereocenters. The number of esters is 1. The second kappa shape index (κ2) is 11.0. The van der Waals surface area contributed by atoms with Crippen LogP contribution in [0.1, 0.15) is 22.8 Å². The van der Waals surface area contributed by atoms with Crippen molar-refractivity contribution in [1.82, 2.24) is 4.90 Å². The molecular formula is C22H18ClN3O8S. The van der Waals surface area contributed by atoms with Crippen LogP contribution in [0.4, 0.5) is 16.2 Å². The van der Waals surface area contributed by atoms with Gasteiger partial charge < -0.3 is 14.8 Å². The van der Waals surface area contributed by atoms with E-state index in [4.69, 9.17) is 21.1 Å².